The maximum absolute atomic E-state index is 12.8. The molecule has 0 aromatic heterocycles. The van der Waals surface area contributed by atoms with Gasteiger partial charge in [0.05, 0.1) is 6.54 Å². The smallest absolute Gasteiger partial charge is 0.248 e. The summed E-state index contributed by atoms with van der Waals surface area (Å²) in [6.07, 6.45) is 8.68. The number of nitrogens with zero attached hydrogens (tertiary/aromatic N) is 1. The fourth-order valence-corrected chi connectivity index (χ4v) is 5.07. The van der Waals surface area contributed by atoms with Crippen molar-refractivity contribution in [1.29, 1.82) is 0 Å². The number of rotatable bonds is 2. The van der Waals surface area contributed by atoms with Crippen molar-refractivity contribution in [3.05, 3.63) is 0 Å². The average Bonchev–Trinajstić information content (AvgIpc) is 2.46. The van der Waals surface area contributed by atoms with Crippen molar-refractivity contribution in [3.63, 3.8) is 0 Å². The Morgan fingerprint density at radius 2 is 1.95 bits per heavy atom. The van der Waals surface area contributed by atoms with Crippen LogP contribution in [0, 0.1) is 0 Å². The highest BCUT2D eigenvalue weighted by atomic mass is 32.2. The second kappa shape index (κ2) is 5.96. The van der Waals surface area contributed by atoms with Gasteiger partial charge in [-0.2, -0.15) is 11.8 Å². The molecule has 20 heavy (non-hydrogen) atoms. The molecule has 1 saturated carbocycles. The van der Waals surface area contributed by atoms with E-state index in [9.17, 15) is 9.59 Å². The Balaban J connectivity index is 1.69. The first-order valence-electron chi connectivity index (χ1n) is 7.92. The maximum atomic E-state index is 12.8. The minimum absolute atomic E-state index is 0.0345. The van der Waals surface area contributed by atoms with Crippen molar-refractivity contribution < 1.29 is 9.59 Å². The number of carbonyl (C=O) groups excluding carboxylic acids is 2. The summed E-state index contributed by atoms with van der Waals surface area (Å²) < 4.78 is 0. The van der Waals surface area contributed by atoms with Crippen molar-refractivity contribution in [2.24, 2.45) is 0 Å². The first kappa shape index (κ1) is 14.2. The third-order valence-electron chi connectivity index (χ3n) is 4.81. The second-order valence-corrected chi connectivity index (χ2v) is 7.77. The molecule has 2 aliphatic heterocycles. The van der Waals surface area contributed by atoms with Crippen LogP contribution in [0.25, 0.3) is 0 Å². The monoisotopic (exact) mass is 296 g/mol. The Morgan fingerprint density at radius 1 is 1.15 bits per heavy atom. The van der Waals surface area contributed by atoms with E-state index in [-0.39, 0.29) is 18.4 Å². The highest BCUT2D eigenvalue weighted by Gasteiger charge is 2.47. The van der Waals surface area contributed by atoms with E-state index in [1.165, 1.54) is 31.4 Å². The van der Waals surface area contributed by atoms with Crippen LogP contribution in [0.15, 0.2) is 0 Å². The minimum Gasteiger partial charge on any atom is -0.340 e. The van der Waals surface area contributed by atoms with Crippen LogP contribution in [0.3, 0.4) is 0 Å². The van der Waals surface area contributed by atoms with Gasteiger partial charge in [0.15, 0.2) is 0 Å². The van der Waals surface area contributed by atoms with Gasteiger partial charge in [-0.25, -0.2) is 0 Å². The molecule has 1 unspecified atom stereocenters. The van der Waals surface area contributed by atoms with Crippen LogP contribution in [0.5, 0.6) is 0 Å². The zero-order valence-corrected chi connectivity index (χ0v) is 12.8. The van der Waals surface area contributed by atoms with Gasteiger partial charge in [0, 0.05) is 11.8 Å². The van der Waals surface area contributed by atoms with Gasteiger partial charge in [-0.05, 0) is 31.4 Å². The third kappa shape index (κ3) is 2.83. The molecular weight excluding hydrogens is 272 g/mol. The molecule has 0 radical (unpaired) electrons. The Kier molecular flexibility index (Phi) is 4.24. The normalized spacial score (nSPS) is 30.4. The van der Waals surface area contributed by atoms with Gasteiger partial charge in [-0.3, -0.25) is 9.59 Å². The van der Waals surface area contributed by atoms with Crippen LogP contribution in [0.1, 0.15) is 51.4 Å². The summed E-state index contributed by atoms with van der Waals surface area (Å²) in [4.78, 5) is 26.7. The Hall–Kier alpha value is -0.710. The van der Waals surface area contributed by atoms with Crippen LogP contribution in [-0.4, -0.2) is 46.3 Å². The molecule has 3 rings (SSSR count). The van der Waals surface area contributed by atoms with Gasteiger partial charge in [0.1, 0.15) is 5.54 Å². The van der Waals surface area contributed by atoms with E-state index in [2.05, 4.69) is 5.32 Å². The second-order valence-electron chi connectivity index (χ2n) is 6.37. The van der Waals surface area contributed by atoms with E-state index in [1.54, 1.807) is 0 Å². The number of amides is 2. The fourth-order valence-electron chi connectivity index (χ4n) is 3.75. The van der Waals surface area contributed by atoms with Crippen molar-refractivity contribution in [3.8, 4) is 0 Å². The molecule has 1 aliphatic carbocycles. The standard InChI is InChI=1S/C15H24N2O2S/c18-13-11-17(10-12-6-2-5-9-20-12)14(19)15(16-13)7-3-1-4-8-15/h12H,1-11H2,(H,16,18). The summed E-state index contributed by atoms with van der Waals surface area (Å²) >= 11 is 1.97. The summed E-state index contributed by atoms with van der Waals surface area (Å²) in [5.41, 5.74) is -0.563. The quantitative estimate of drug-likeness (QED) is 0.847. The van der Waals surface area contributed by atoms with Gasteiger partial charge in [0.25, 0.3) is 0 Å². The van der Waals surface area contributed by atoms with Crippen LogP contribution in [0.2, 0.25) is 0 Å². The Labute approximate surface area is 125 Å². The van der Waals surface area contributed by atoms with Gasteiger partial charge < -0.3 is 10.2 Å². The SMILES string of the molecule is O=C1CN(CC2CCCCS2)C(=O)C2(CCCCC2)N1. The highest BCUT2D eigenvalue weighted by Crippen LogP contribution is 2.33. The minimum atomic E-state index is -0.563. The molecule has 1 spiro atoms. The van der Waals surface area contributed by atoms with Gasteiger partial charge in [-0.15, -0.1) is 0 Å². The lowest BCUT2D eigenvalue weighted by molar-refractivity contribution is -0.151. The predicted molar refractivity (Wildman–Crippen MR) is 80.6 cm³/mol. The molecule has 0 aromatic rings. The molecule has 112 valence electrons. The van der Waals surface area contributed by atoms with E-state index in [4.69, 9.17) is 0 Å². The molecule has 4 nitrogen and oxygen atoms in total. The molecule has 2 saturated heterocycles. The summed E-state index contributed by atoms with van der Waals surface area (Å²) in [5.74, 6) is 1.42. The number of carbonyl (C=O) groups is 2. The lowest BCUT2D eigenvalue weighted by atomic mass is 9.79. The van der Waals surface area contributed by atoms with E-state index >= 15 is 0 Å². The molecule has 0 bridgehead atoms. The van der Waals surface area contributed by atoms with Crippen LogP contribution >= 0.6 is 11.8 Å². The predicted octanol–water partition coefficient (Wildman–Crippen LogP) is 1.93. The summed E-state index contributed by atoms with van der Waals surface area (Å²) in [5, 5.41) is 3.54. The van der Waals surface area contributed by atoms with E-state index in [0.717, 1.165) is 32.2 Å². The van der Waals surface area contributed by atoms with Crippen LogP contribution in [0.4, 0.5) is 0 Å². The largest absolute Gasteiger partial charge is 0.340 e. The third-order valence-corrected chi connectivity index (χ3v) is 6.20. The molecule has 0 aromatic carbocycles. The van der Waals surface area contributed by atoms with Crippen molar-refractivity contribution in [2.75, 3.05) is 18.8 Å². The van der Waals surface area contributed by atoms with Gasteiger partial charge in [0.2, 0.25) is 11.8 Å². The molecular formula is C15H24N2O2S. The number of hydrogen-bond donors (Lipinski definition) is 1. The van der Waals surface area contributed by atoms with Gasteiger partial charge >= 0.3 is 0 Å². The summed E-state index contributed by atoms with van der Waals surface area (Å²) in [6, 6.07) is 0. The maximum Gasteiger partial charge on any atom is 0.248 e. The molecule has 1 atom stereocenters. The number of piperazine rings is 1. The first-order valence-corrected chi connectivity index (χ1v) is 8.96. The molecule has 5 heteroatoms. The number of hydrogen-bond acceptors (Lipinski definition) is 3. The zero-order chi connectivity index (χ0) is 14.0. The molecule has 2 amide bonds. The lowest BCUT2D eigenvalue weighted by Gasteiger charge is -2.45. The molecule has 1 N–H and O–H groups in total. The fraction of sp³-hybridized carbons (Fsp3) is 0.867. The number of thioether (sulfide) groups is 1. The van der Waals surface area contributed by atoms with Crippen molar-refractivity contribution in [1.82, 2.24) is 10.2 Å². The lowest BCUT2D eigenvalue weighted by Crippen LogP contribution is -2.67. The first-order chi connectivity index (χ1) is 9.70. The zero-order valence-electron chi connectivity index (χ0n) is 12.0. The van der Waals surface area contributed by atoms with Crippen molar-refractivity contribution >= 4 is 23.6 Å². The Bertz CT molecular complexity index is 387. The van der Waals surface area contributed by atoms with Crippen LogP contribution < -0.4 is 5.32 Å². The molecule has 3 fully saturated rings. The number of nitrogens with one attached hydrogen (secondary N) is 1. The highest BCUT2D eigenvalue weighted by molar-refractivity contribution is 7.99. The molecule has 3 aliphatic rings. The van der Waals surface area contributed by atoms with E-state index in [0.29, 0.717) is 5.25 Å². The Morgan fingerprint density at radius 3 is 2.65 bits per heavy atom. The van der Waals surface area contributed by atoms with E-state index in [1.807, 2.05) is 16.7 Å². The van der Waals surface area contributed by atoms with Gasteiger partial charge in [-0.1, -0.05) is 25.7 Å². The molecule has 2 heterocycles. The van der Waals surface area contributed by atoms with E-state index < -0.39 is 5.54 Å². The summed E-state index contributed by atoms with van der Waals surface area (Å²) in [6.45, 7) is 1.02. The average molecular weight is 296 g/mol. The van der Waals surface area contributed by atoms with Crippen LogP contribution in [-0.2, 0) is 9.59 Å². The van der Waals surface area contributed by atoms with Crippen molar-refractivity contribution in [2.45, 2.75) is 62.2 Å². The summed E-state index contributed by atoms with van der Waals surface area (Å²) in [7, 11) is 0. The topological polar surface area (TPSA) is 49.4 Å².